The third kappa shape index (κ3) is 4.38. The van der Waals surface area contributed by atoms with Gasteiger partial charge in [0, 0.05) is 21.9 Å². The second kappa shape index (κ2) is 7.50. The molecule has 0 atom stereocenters. The predicted molar refractivity (Wildman–Crippen MR) is 88.7 cm³/mol. The quantitative estimate of drug-likeness (QED) is 0.569. The molecule has 0 fully saturated rings. The van der Waals surface area contributed by atoms with E-state index in [1.165, 1.54) is 0 Å². The van der Waals surface area contributed by atoms with Crippen LogP contribution in [0.15, 0.2) is 48.7 Å². The number of carbonyl (C=O) groups excluding carboxylic acids is 1. The standard InChI is InChI=1S/C16H17IN2O/c1-2-19(11-15-5-3-4-10-18-15)12-16(20)13-6-8-14(17)9-7-13/h3-10H,2,11-12H2,1H3. The number of ketones is 1. The van der Waals surface area contributed by atoms with Gasteiger partial charge in [-0.15, -0.1) is 0 Å². The Morgan fingerprint density at radius 2 is 1.95 bits per heavy atom. The van der Waals surface area contributed by atoms with E-state index in [0.717, 1.165) is 21.4 Å². The molecule has 1 aromatic heterocycles. The van der Waals surface area contributed by atoms with Gasteiger partial charge in [-0.3, -0.25) is 14.7 Å². The van der Waals surface area contributed by atoms with Crippen molar-refractivity contribution in [2.75, 3.05) is 13.1 Å². The summed E-state index contributed by atoms with van der Waals surface area (Å²) in [5.41, 5.74) is 1.76. The van der Waals surface area contributed by atoms with Gasteiger partial charge in [-0.25, -0.2) is 0 Å². The zero-order valence-electron chi connectivity index (χ0n) is 11.4. The number of rotatable bonds is 6. The van der Waals surface area contributed by atoms with Gasteiger partial charge in [0.15, 0.2) is 5.78 Å². The van der Waals surface area contributed by atoms with Crippen molar-refractivity contribution in [3.63, 3.8) is 0 Å². The van der Waals surface area contributed by atoms with Crippen LogP contribution in [-0.2, 0) is 6.54 Å². The molecule has 4 heteroatoms. The first-order chi connectivity index (χ1) is 9.69. The average Bonchev–Trinajstić information content (AvgIpc) is 2.48. The van der Waals surface area contributed by atoms with E-state index in [4.69, 9.17) is 0 Å². The molecule has 2 aromatic rings. The molecule has 0 amide bonds. The number of nitrogens with zero attached hydrogens (tertiary/aromatic N) is 2. The molecule has 1 aromatic carbocycles. The third-order valence-electron chi connectivity index (χ3n) is 3.09. The van der Waals surface area contributed by atoms with Crippen LogP contribution in [0.5, 0.6) is 0 Å². The molecule has 0 bridgehead atoms. The van der Waals surface area contributed by atoms with Crippen molar-refractivity contribution < 1.29 is 4.79 Å². The van der Waals surface area contributed by atoms with Crippen LogP contribution in [0.1, 0.15) is 23.0 Å². The zero-order valence-corrected chi connectivity index (χ0v) is 13.6. The van der Waals surface area contributed by atoms with Gasteiger partial charge in [0.2, 0.25) is 0 Å². The normalized spacial score (nSPS) is 10.8. The van der Waals surface area contributed by atoms with Crippen LogP contribution in [0, 0.1) is 3.57 Å². The molecule has 20 heavy (non-hydrogen) atoms. The molecule has 1 heterocycles. The van der Waals surface area contributed by atoms with Crippen LogP contribution in [0.25, 0.3) is 0 Å². The van der Waals surface area contributed by atoms with Crippen LogP contribution in [0.4, 0.5) is 0 Å². The summed E-state index contributed by atoms with van der Waals surface area (Å²) < 4.78 is 1.14. The molecule has 3 nitrogen and oxygen atoms in total. The maximum Gasteiger partial charge on any atom is 0.176 e. The van der Waals surface area contributed by atoms with Crippen molar-refractivity contribution in [3.8, 4) is 0 Å². The summed E-state index contributed by atoms with van der Waals surface area (Å²) in [6.45, 7) is 4.01. The summed E-state index contributed by atoms with van der Waals surface area (Å²) in [5, 5.41) is 0. The van der Waals surface area contributed by atoms with Gasteiger partial charge in [0.25, 0.3) is 0 Å². The van der Waals surface area contributed by atoms with E-state index in [1.54, 1.807) is 6.20 Å². The molecule has 0 aliphatic carbocycles. The highest BCUT2D eigenvalue weighted by Gasteiger charge is 2.12. The van der Waals surface area contributed by atoms with Crippen LogP contribution in [0.2, 0.25) is 0 Å². The molecule has 0 radical (unpaired) electrons. The highest BCUT2D eigenvalue weighted by molar-refractivity contribution is 14.1. The molecular weight excluding hydrogens is 363 g/mol. The fourth-order valence-electron chi connectivity index (χ4n) is 1.93. The number of aromatic nitrogens is 1. The smallest absolute Gasteiger partial charge is 0.176 e. The zero-order chi connectivity index (χ0) is 14.4. The first kappa shape index (κ1) is 15.1. The van der Waals surface area contributed by atoms with E-state index in [-0.39, 0.29) is 5.78 Å². The number of carbonyl (C=O) groups is 1. The van der Waals surface area contributed by atoms with Crippen LogP contribution < -0.4 is 0 Å². The van der Waals surface area contributed by atoms with Gasteiger partial charge in [0.05, 0.1) is 12.2 Å². The number of hydrogen-bond acceptors (Lipinski definition) is 3. The van der Waals surface area contributed by atoms with Crippen LogP contribution in [-0.4, -0.2) is 28.8 Å². The molecule has 0 saturated heterocycles. The van der Waals surface area contributed by atoms with Crippen molar-refractivity contribution >= 4 is 28.4 Å². The SMILES string of the molecule is CCN(CC(=O)c1ccc(I)cc1)Cc1ccccn1. The fraction of sp³-hybridized carbons (Fsp3) is 0.250. The summed E-state index contributed by atoms with van der Waals surface area (Å²) in [4.78, 5) is 18.7. The minimum absolute atomic E-state index is 0.152. The summed E-state index contributed by atoms with van der Waals surface area (Å²) in [7, 11) is 0. The van der Waals surface area contributed by atoms with Gasteiger partial charge in [-0.1, -0.05) is 25.1 Å². The Balaban J connectivity index is 1.99. The molecule has 0 aliphatic heterocycles. The number of likely N-dealkylation sites (N-methyl/N-ethyl adjacent to an activating group) is 1. The Morgan fingerprint density at radius 1 is 1.20 bits per heavy atom. The molecule has 0 unspecified atom stereocenters. The van der Waals surface area contributed by atoms with E-state index in [9.17, 15) is 4.79 Å². The number of pyridine rings is 1. The number of halogens is 1. The Morgan fingerprint density at radius 3 is 2.55 bits per heavy atom. The first-order valence-corrected chi connectivity index (χ1v) is 7.68. The number of Topliss-reactive ketones (excluding diaryl/α,β-unsaturated/α-hetero) is 1. The lowest BCUT2D eigenvalue weighted by atomic mass is 10.1. The lowest BCUT2D eigenvalue weighted by Gasteiger charge is -2.19. The maximum absolute atomic E-state index is 12.3. The van der Waals surface area contributed by atoms with E-state index < -0.39 is 0 Å². The molecule has 2 rings (SSSR count). The Bertz CT molecular complexity index is 554. The first-order valence-electron chi connectivity index (χ1n) is 6.60. The van der Waals surface area contributed by atoms with E-state index in [1.807, 2.05) is 42.5 Å². The molecule has 104 valence electrons. The average molecular weight is 380 g/mol. The third-order valence-corrected chi connectivity index (χ3v) is 3.81. The summed E-state index contributed by atoms with van der Waals surface area (Å²) >= 11 is 2.24. The van der Waals surface area contributed by atoms with Crippen molar-refractivity contribution in [1.29, 1.82) is 0 Å². The van der Waals surface area contributed by atoms with Crippen LogP contribution in [0.3, 0.4) is 0 Å². The Kier molecular flexibility index (Phi) is 5.67. The lowest BCUT2D eigenvalue weighted by molar-refractivity contribution is 0.0929. The van der Waals surface area contributed by atoms with Crippen molar-refractivity contribution in [2.45, 2.75) is 13.5 Å². The highest BCUT2D eigenvalue weighted by atomic mass is 127. The van der Waals surface area contributed by atoms with E-state index in [2.05, 4.69) is 39.4 Å². The molecular formula is C16H17IN2O. The second-order valence-electron chi connectivity index (χ2n) is 4.55. The van der Waals surface area contributed by atoms with Crippen molar-refractivity contribution in [3.05, 3.63) is 63.5 Å². The van der Waals surface area contributed by atoms with Crippen molar-refractivity contribution in [1.82, 2.24) is 9.88 Å². The monoisotopic (exact) mass is 380 g/mol. The minimum Gasteiger partial charge on any atom is -0.293 e. The van der Waals surface area contributed by atoms with E-state index in [0.29, 0.717) is 13.1 Å². The van der Waals surface area contributed by atoms with Gasteiger partial charge in [-0.05, 0) is 53.4 Å². The topological polar surface area (TPSA) is 33.2 Å². The highest BCUT2D eigenvalue weighted by Crippen LogP contribution is 2.09. The maximum atomic E-state index is 12.3. The van der Waals surface area contributed by atoms with E-state index >= 15 is 0 Å². The van der Waals surface area contributed by atoms with Gasteiger partial charge >= 0.3 is 0 Å². The Hall–Kier alpha value is -1.27. The second-order valence-corrected chi connectivity index (χ2v) is 5.80. The minimum atomic E-state index is 0.152. The largest absolute Gasteiger partial charge is 0.293 e. The summed E-state index contributed by atoms with van der Waals surface area (Å²) in [5.74, 6) is 0.152. The number of benzene rings is 1. The summed E-state index contributed by atoms with van der Waals surface area (Å²) in [6.07, 6.45) is 1.78. The van der Waals surface area contributed by atoms with Gasteiger partial charge < -0.3 is 0 Å². The molecule has 0 spiro atoms. The molecule has 0 saturated carbocycles. The molecule has 0 N–H and O–H groups in total. The summed E-state index contributed by atoms with van der Waals surface area (Å²) in [6, 6.07) is 13.6. The van der Waals surface area contributed by atoms with Crippen molar-refractivity contribution in [2.24, 2.45) is 0 Å². The lowest BCUT2D eigenvalue weighted by Crippen LogP contribution is -2.29. The predicted octanol–water partition coefficient (Wildman–Crippen LogP) is 3.39. The van der Waals surface area contributed by atoms with Gasteiger partial charge in [0.1, 0.15) is 0 Å². The Labute approximate surface area is 133 Å². The van der Waals surface area contributed by atoms with Gasteiger partial charge in [-0.2, -0.15) is 0 Å². The molecule has 0 aliphatic rings. The fourth-order valence-corrected chi connectivity index (χ4v) is 2.29. The number of hydrogen-bond donors (Lipinski definition) is 0. The van der Waals surface area contributed by atoms with Crippen LogP contribution >= 0.6 is 22.6 Å².